The van der Waals surface area contributed by atoms with Crippen LogP contribution in [0.3, 0.4) is 0 Å². The summed E-state index contributed by atoms with van der Waals surface area (Å²) in [6.45, 7) is 5.81. The molecule has 1 heterocycles. The van der Waals surface area contributed by atoms with Crippen LogP contribution in [-0.4, -0.2) is 21.5 Å². The molecule has 0 aliphatic heterocycles. The molecule has 0 saturated heterocycles. The second kappa shape index (κ2) is 5.88. The van der Waals surface area contributed by atoms with E-state index in [-0.39, 0.29) is 5.97 Å². The van der Waals surface area contributed by atoms with Crippen LogP contribution in [0.15, 0.2) is 48.5 Å². The number of rotatable bonds is 4. The van der Waals surface area contributed by atoms with Gasteiger partial charge in [0.25, 0.3) is 0 Å². The van der Waals surface area contributed by atoms with Crippen LogP contribution in [0.5, 0.6) is 0 Å². The first kappa shape index (κ1) is 15.3. The summed E-state index contributed by atoms with van der Waals surface area (Å²) in [7, 11) is 0. The van der Waals surface area contributed by atoms with Gasteiger partial charge in [0, 0.05) is 5.56 Å². The van der Waals surface area contributed by atoms with Crippen molar-refractivity contribution in [1.29, 1.82) is 0 Å². The van der Waals surface area contributed by atoms with E-state index in [4.69, 9.17) is 4.74 Å². The first-order valence-corrected chi connectivity index (χ1v) is 7.77. The number of ether oxygens (including phenoxy) is 1. The second-order valence-corrected chi connectivity index (χ2v) is 6.16. The van der Waals surface area contributed by atoms with Crippen molar-refractivity contribution in [3.8, 4) is 11.4 Å². The van der Waals surface area contributed by atoms with Crippen molar-refractivity contribution in [2.24, 2.45) is 0 Å². The van der Waals surface area contributed by atoms with Gasteiger partial charge in [-0.2, -0.15) is 0 Å². The molecular weight excluding hydrogens is 288 g/mol. The molecule has 0 aliphatic carbocycles. The summed E-state index contributed by atoms with van der Waals surface area (Å²) in [4.78, 5) is 20.4. The largest absolute Gasteiger partial charge is 0.456 e. The Morgan fingerprint density at radius 1 is 1.13 bits per heavy atom. The number of carbonyl (C=O) groups is 1. The van der Waals surface area contributed by atoms with Crippen molar-refractivity contribution in [3.05, 3.63) is 54.1 Å². The highest BCUT2D eigenvalue weighted by atomic mass is 16.6. The third-order valence-corrected chi connectivity index (χ3v) is 4.00. The Labute approximate surface area is 135 Å². The predicted molar refractivity (Wildman–Crippen MR) is 91.3 cm³/mol. The number of aromatic amines is 1. The van der Waals surface area contributed by atoms with Crippen molar-refractivity contribution >= 4 is 17.0 Å². The summed E-state index contributed by atoms with van der Waals surface area (Å²) >= 11 is 0. The third-order valence-electron chi connectivity index (χ3n) is 4.00. The molecule has 118 valence electrons. The van der Waals surface area contributed by atoms with Gasteiger partial charge in [-0.1, -0.05) is 43.3 Å². The molecule has 23 heavy (non-hydrogen) atoms. The molecule has 4 heteroatoms. The smallest absolute Gasteiger partial charge is 0.340 e. The molecule has 0 aliphatic rings. The highest BCUT2D eigenvalue weighted by Gasteiger charge is 2.23. The number of esters is 1. The van der Waals surface area contributed by atoms with Crippen molar-refractivity contribution in [2.75, 3.05) is 0 Å². The van der Waals surface area contributed by atoms with Gasteiger partial charge in [0.2, 0.25) is 0 Å². The fraction of sp³-hybridized carbons (Fsp3) is 0.263. The topological polar surface area (TPSA) is 55.0 Å². The Kier molecular flexibility index (Phi) is 3.90. The first-order chi connectivity index (χ1) is 11.0. The number of carbonyl (C=O) groups excluding carboxylic acids is 1. The van der Waals surface area contributed by atoms with Gasteiger partial charge in [0.15, 0.2) is 0 Å². The number of aromatic nitrogens is 2. The standard InChI is InChI=1S/C19H20N2O2/c1-4-19(2,3)23-18(22)14-11-8-12-15-16(14)21-17(20-15)13-9-6-5-7-10-13/h5-12H,4H2,1-3H3,(H,20,21). The quantitative estimate of drug-likeness (QED) is 0.718. The number of hydrogen-bond acceptors (Lipinski definition) is 3. The van der Waals surface area contributed by atoms with E-state index in [1.165, 1.54) is 0 Å². The van der Waals surface area contributed by atoms with Gasteiger partial charge in [-0.25, -0.2) is 9.78 Å². The van der Waals surface area contributed by atoms with E-state index in [0.29, 0.717) is 11.1 Å². The van der Waals surface area contributed by atoms with Crippen LogP contribution in [-0.2, 0) is 4.74 Å². The molecule has 3 aromatic rings. The molecule has 1 aromatic heterocycles. The lowest BCUT2D eigenvalue weighted by Crippen LogP contribution is -2.27. The van der Waals surface area contributed by atoms with Gasteiger partial charge in [-0.3, -0.25) is 0 Å². The normalized spacial score (nSPS) is 11.6. The maximum Gasteiger partial charge on any atom is 0.340 e. The SMILES string of the molecule is CCC(C)(C)OC(=O)c1cccc2[nH]c(-c3ccccc3)nc12. The highest BCUT2D eigenvalue weighted by Crippen LogP contribution is 2.25. The predicted octanol–water partition coefficient (Wildman–Crippen LogP) is 4.58. The van der Waals surface area contributed by atoms with Gasteiger partial charge >= 0.3 is 5.97 Å². The number of H-pyrrole nitrogens is 1. The number of para-hydroxylation sites is 1. The maximum atomic E-state index is 12.5. The van der Waals surface area contributed by atoms with E-state index >= 15 is 0 Å². The van der Waals surface area contributed by atoms with E-state index in [9.17, 15) is 4.79 Å². The second-order valence-electron chi connectivity index (χ2n) is 6.16. The molecule has 4 nitrogen and oxygen atoms in total. The molecular formula is C19H20N2O2. The lowest BCUT2D eigenvalue weighted by molar-refractivity contribution is -0.00222. The minimum absolute atomic E-state index is 0.339. The fourth-order valence-corrected chi connectivity index (χ4v) is 2.31. The van der Waals surface area contributed by atoms with Crippen LogP contribution < -0.4 is 0 Å². The van der Waals surface area contributed by atoms with Gasteiger partial charge in [-0.05, 0) is 32.4 Å². The third kappa shape index (κ3) is 3.11. The van der Waals surface area contributed by atoms with Crippen LogP contribution in [0.1, 0.15) is 37.6 Å². The number of imidazole rings is 1. The Balaban J connectivity index is 2.02. The average molecular weight is 308 g/mol. The lowest BCUT2D eigenvalue weighted by Gasteiger charge is -2.23. The first-order valence-electron chi connectivity index (χ1n) is 7.77. The molecule has 0 spiro atoms. The highest BCUT2D eigenvalue weighted by molar-refractivity contribution is 6.02. The Morgan fingerprint density at radius 2 is 1.87 bits per heavy atom. The molecule has 0 saturated carbocycles. The van der Waals surface area contributed by atoms with E-state index < -0.39 is 5.60 Å². The van der Waals surface area contributed by atoms with Crippen molar-refractivity contribution in [2.45, 2.75) is 32.8 Å². The molecule has 0 bridgehead atoms. The zero-order valence-corrected chi connectivity index (χ0v) is 13.6. The van der Waals surface area contributed by atoms with Crippen molar-refractivity contribution in [3.63, 3.8) is 0 Å². The lowest BCUT2D eigenvalue weighted by atomic mass is 10.1. The number of nitrogens with zero attached hydrogens (tertiary/aromatic N) is 1. The maximum absolute atomic E-state index is 12.5. The summed E-state index contributed by atoms with van der Waals surface area (Å²) in [6, 6.07) is 15.4. The monoisotopic (exact) mass is 308 g/mol. The van der Waals surface area contributed by atoms with Gasteiger partial charge in [0.1, 0.15) is 16.9 Å². The summed E-state index contributed by atoms with van der Waals surface area (Å²) in [5.41, 5.74) is 2.45. The number of nitrogens with one attached hydrogen (secondary N) is 1. The fourth-order valence-electron chi connectivity index (χ4n) is 2.31. The molecule has 0 atom stereocenters. The molecule has 2 aromatic carbocycles. The van der Waals surface area contributed by atoms with E-state index in [0.717, 1.165) is 23.3 Å². The van der Waals surface area contributed by atoms with Crippen LogP contribution in [0.2, 0.25) is 0 Å². The summed E-state index contributed by atoms with van der Waals surface area (Å²) < 4.78 is 5.60. The molecule has 0 unspecified atom stereocenters. The van der Waals surface area contributed by atoms with Crippen molar-refractivity contribution < 1.29 is 9.53 Å². The van der Waals surface area contributed by atoms with Gasteiger partial charge < -0.3 is 9.72 Å². The number of fused-ring (bicyclic) bond motifs is 1. The zero-order chi connectivity index (χ0) is 16.4. The van der Waals surface area contributed by atoms with Crippen molar-refractivity contribution in [1.82, 2.24) is 9.97 Å². The van der Waals surface area contributed by atoms with E-state index in [1.54, 1.807) is 6.07 Å². The minimum Gasteiger partial charge on any atom is -0.456 e. The summed E-state index contributed by atoms with van der Waals surface area (Å²) in [5.74, 6) is 0.407. The Hall–Kier alpha value is -2.62. The molecule has 0 fully saturated rings. The number of benzene rings is 2. The average Bonchev–Trinajstić information content (AvgIpc) is 2.99. The van der Waals surface area contributed by atoms with Crippen LogP contribution >= 0.6 is 0 Å². The van der Waals surface area contributed by atoms with Crippen LogP contribution in [0.25, 0.3) is 22.4 Å². The van der Waals surface area contributed by atoms with Gasteiger partial charge in [0.05, 0.1) is 11.1 Å². The summed E-state index contributed by atoms with van der Waals surface area (Å²) in [6.07, 6.45) is 0.755. The Bertz CT molecular complexity index is 835. The number of hydrogen-bond donors (Lipinski definition) is 1. The minimum atomic E-state index is -0.488. The van der Waals surface area contributed by atoms with E-state index in [2.05, 4.69) is 9.97 Å². The Morgan fingerprint density at radius 3 is 2.57 bits per heavy atom. The van der Waals surface area contributed by atoms with Crippen LogP contribution in [0.4, 0.5) is 0 Å². The molecule has 3 rings (SSSR count). The molecule has 0 radical (unpaired) electrons. The summed E-state index contributed by atoms with van der Waals surface area (Å²) in [5, 5.41) is 0. The van der Waals surface area contributed by atoms with E-state index in [1.807, 2.05) is 63.2 Å². The van der Waals surface area contributed by atoms with Gasteiger partial charge in [-0.15, -0.1) is 0 Å². The zero-order valence-electron chi connectivity index (χ0n) is 13.6. The van der Waals surface area contributed by atoms with Crippen LogP contribution in [0, 0.1) is 0 Å². The molecule has 0 amide bonds. The molecule has 1 N–H and O–H groups in total.